The van der Waals surface area contributed by atoms with Gasteiger partial charge in [-0.25, -0.2) is 9.97 Å². The summed E-state index contributed by atoms with van der Waals surface area (Å²) in [5, 5.41) is 10.2. The molecule has 0 amide bonds. The highest BCUT2D eigenvalue weighted by atomic mass is 16.3. The molecule has 1 aromatic rings. The van der Waals surface area contributed by atoms with Crippen LogP contribution in [-0.2, 0) is 0 Å². The lowest BCUT2D eigenvalue weighted by molar-refractivity contribution is 0.0609. The molecule has 1 aromatic heterocycles. The van der Waals surface area contributed by atoms with Crippen LogP contribution in [0.4, 0.5) is 0 Å². The first-order valence-electron chi connectivity index (χ1n) is 6.26. The van der Waals surface area contributed by atoms with E-state index in [0.717, 1.165) is 18.8 Å². The van der Waals surface area contributed by atoms with Gasteiger partial charge in [-0.05, 0) is 30.7 Å². The van der Waals surface area contributed by atoms with E-state index in [1.54, 1.807) is 18.5 Å². The van der Waals surface area contributed by atoms with Crippen molar-refractivity contribution in [2.24, 2.45) is 11.8 Å². The molecular formula is C13H20N2O. The fourth-order valence-corrected chi connectivity index (χ4v) is 2.66. The lowest BCUT2D eigenvalue weighted by Gasteiger charge is -2.30. The summed E-state index contributed by atoms with van der Waals surface area (Å²) in [6, 6.07) is 1.78. The van der Waals surface area contributed by atoms with E-state index >= 15 is 0 Å². The second kappa shape index (κ2) is 5.39. The summed E-state index contributed by atoms with van der Waals surface area (Å²) < 4.78 is 0. The van der Waals surface area contributed by atoms with Crippen molar-refractivity contribution >= 4 is 0 Å². The highest BCUT2D eigenvalue weighted by Gasteiger charge is 2.28. The smallest absolute Gasteiger partial charge is 0.157 e. The van der Waals surface area contributed by atoms with Gasteiger partial charge in [0, 0.05) is 12.4 Å². The molecular weight excluding hydrogens is 200 g/mol. The minimum atomic E-state index is -0.476. The number of aliphatic hydroxyl groups excluding tert-OH is 1. The molecule has 1 fully saturated rings. The van der Waals surface area contributed by atoms with E-state index in [0.29, 0.717) is 11.7 Å². The number of aromatic nitrogens is 2. The van der Waals surface area contributed by atoms with Crippen LogP contribution in [0, 0.1) is 11.8 Å². The molecule has 0 aliphatic heterocycles. The highest BCUT2D eigenvalue weighted by molar-refractivity contribution is 4.95. The molecule has 1 saturated carbocycles. The predicted octanol–water partition coefficient (Wildman–Crippen LogP) is 2.73. The normalized spacial score (nSPS) is 27.6. The van der Waals surface area contributed by atoms with Crippen LogP contribution in [0.5, 0.6) is 0 Å². The van der Waals surface area contributed by atoms with Gasteiger partial charge in [-0.1, -0.05) is 26.2 Å². The molecule has 3 nitrogen and oxygen atoms in total. The summed E-state index contributed by atoms with van der Waals surface area (Å²) in [6.45, 7) is 2.23. The zero-order chi connectivity index (χ0) is 11.4. The summed E-state index contributed by atoms with van der Waals surface area (Å²) in [7, 11) is 0. The van der Waals surface area contributed by atoms with E-state index in [1.165, 1.54) is 19.3 Å². The molecule has 1 heterocycles. The van der Waals surface area contributed by atoms with E-state index in [1.807, 2.05) is 0 Å². The van der Waals surface area contributed by atoms with Gasteiger partial charge >= 0.3 is 0 Å². The lowest BCUT2D eigenvalue weighted by atomic mass is 9.77. The molecule has 1 N–H and O–H groups in total. The Morgan fingerprint density at radius 2 is 2.12 bits per heavy atom. The number of rotatable bonds is 3. The maximum absolute atomic E-state index is 10.2. The fourth-order valence-electron chi connectivity index (χ4n) is 2.66. The van der Waals surface area contributed by atoms with Crippen LogP contribution in [-0.4, -0.2) is 15.1 Å². The predicted molar refractivity (Wildman–Crippen MR) is 62.7 cm³/mol. The number of nitrogens with zero attached hydrogens (tertiary/aromatic N) is 2. The van der Waals surface area contributed by atoms with Gasteiger partial charge < -0.3 is 5.11 Å². The van der Waals surface area contributed by atoms with Crippen molar-refractivity contribution in [3.63, 3.8) is 0 Å². The van der Waals surface area contributed by atoms with Gasteiger partial charge in [-0.3, -0.25) is 0 Å². The van der Waals surface area contributed by atoms with Gasteiger partial charge in [-0.15, -0.1) is 0 Å². The Bertz CT molecular complexity index is 315. The Hall–Kier alpha value is -0.960. The molecule has 0 saturated heterocycles. The molecule has 16 heavy (non-hydrogen) atoms. The second-order valence-electron chi connectivity index (χ2n) is 4.75. The molecule has 3 unspecified atom stereocenters. The zero-order valence-corrected chi connectivity index (χ0v) is 9.84. The van der Waals surface area contributed by atoms with Gasteiger partial charge in [0.15, 0.2) is 5.82 Å². The number of hydrogen-bond donors (Lipinski definition) is 1. The van der Waals surface area contributed by atoms with Crippen molar-refractivity contribution in [2.45, 2.75) is 45.1 Å². The molecule has 0 bridgehead atoms. The maximum atomic E-state index is 10.2. The molecule has 0 spiro atoms. The summed E-state index contributed by atoms with van der Waals surface area (Å²) >= 11 is 0. The van der Waals surface area contributed by atoms with Gasteiger partial charge in [0.1, 0.15) is 6.10 Å². The quantitative estimate of drug-likeness (QED) is 0.852. The largest absolute Gasteiger partial charge is 0.385 e. The third-order valence-electron chi connectivity index (χ3n) is 3.70. The minimum Gasteiger partial charge on any atom is -0.385 e. The molecule has 3 heteroatoms. The fraction of sp³-hybridized carbons (Fsp3) is 0.692. The van der Waals surface area contributed by atoms with Crippen molar-refractivity contribution in [1.29, 1.82) is 0 Å². The van der Waals surface area contributed by atoms with Crippen molar-refractivity contribution in [3.05, 3.63) is 24.3 Å². The van der Waals surface area contributed by atoms with E-state index in [-0.39, 0.29) is 0 Å². The summed E-state index contributed by atoms with van der Waals surface area (Å²) in [5.41, 5.74) is 0. The van der Waals surface area contributed by atoms with E-state index in [9.17, 15) is 5.11 Å². The zero-order valence-electron chi connectivity index (χ0n) is 9.84. The maximum Gasteiger partial charge on any atom is 0.157 e. The van der Waals surface area contributed by atoms with Gasteiger partial charge in [-0.2, -0.15) is 0 Å². The molecule has 0 aromatic carbocycles. The second-order valence-corrected chi connectivity index (χ2v) is 4.75. The van der Waals surface area contributed by atoms with Crippen molar-refractivity contribution in [1.82, 2.24) is 9.97 Å². The third kappa shape index (κ3) is 2.59. The molecule has 1 aliphatic rings. The van der Waals surface area contributed by atoms with Crippen LogP contribution >= 0.6 is 0 Å². The van der Waals surface area contributed by atoms with Gasteiger partial charge in [0.2, 0.25) is 0 Å². The Kier molecular flexibility index (Phi) is 3.88. The van der Waals surface area contributed by atoms with Crippen LogP contribution in [0.1, 0.15) is 51.0 Å². The van der Waals surface area contributed by atoms with E-state index < -0.39 is 6.10 Å². The third-order valence-corrected chi connectivity index (χ3v) is 3.70. The van der Waals surface area contributed by atoms with Gasteiger partial charge in [0.25, 0.3) is 0 Å². The molecule has 2 rings (SSSR count). The Labute approximate surface area is 96.9 Å². The standard InChI is InChI=1S/C13H20N2O/c1-2-10-5-3-6-11(9-10)12(16)13-14-7-4-8-15-13/h4,7-8,10-12,16H,2-3,5-6,9H2,1H3. The Balaban J connectivity index is 2.01. The summed E-state index contributed by atoms with van der Waals surface area (Å²) in [4.78, 5) is 8.29. The molecule has 1 aliphatic carbocycles. The average molecular weight is 220 g/mol. The first kappa shape index (κ1) is 11.5. The van der Waals surface area contributed by atoms with Crippen LogP contribution < -0.4 is 0 Å². The van der Waals surface area contributed by atoms with Crippen LogP contribution in [0.3, 0.4) is 0 Å². The van der Waals surface area contributed by atoms with Crippen molar-refractivity contribution in [2.75, 3.05) is 0 Å². The van der Waals surface area contributed by atoms with Crippen LogP contribution in [0.15, 0.2) is 18.5 Å². The van der Waals surface area contributed by atoms with Crippen LogP contribution in [0.25, 0.3) is 0 Å². The highest BCUT2D eigenvalue weighted by Crippen LogP contribution is 2.37. The van der Waals surface area contributed by atoms with E-state index in [2.05, 4.69) is 16.9 Å². The average Bonchev–Trinajstić information content (AvgIpc) is 2.39. The molecule has 88 valence electrons. The Morgan fingerprint density at radius 1 is 1.38 bits per heavy atom. The first-order valence-corrected chi connectivity index (χ1v) is 6.26. The van der Waals surface area contributed by atoms with Crippen molar-refractivity contribution < 1.29 is 5.11 Å². The topological polar surface area (TPSA) is 46.0 Å². The molecule has 0 radical (unpaired) electrons. The lowest BCUT2D eigenvalue weighted by Crippen LogP contribution is -2.22. The Morgan fingerprint density at radius 3 is 2.81 bits per heavy atom. The molecule has 3 atom stereocenters. The van der Waals surface area contributed by atoms with Crippen LogP contribution in [0.2, 0.25) is 0 Å². The summed E-state index contributed by atoms with van der Waals surface area (Å²) in [6.07, 6.45) is 8.92. The minimum absolute atomic E-state index is 0.348. The van der Waals surface area contributed by atoms with E-state index in [4.69, 9.17) is 0 Å². The first-order chi connectivity index (χ1) is 7.81. The number of aliphatic hydroxyl groups is 1. The monoisotopic (exact) mass is 220 g/mol. The SMILES string of the molecule is CCC1CCCC(C(O)c2ncccn2)C1. The number of hydrogen-bond acceptors (Lipinski definition) is 3. The van der Waals surface area contributed by atoms with Crippen molar-refractivity contribution in [3.8, 4) is 0 Å². The van der Waals surface area contributed by atoms with Gasteiger partial charge in [0.05, 0.1) is 0 Å². The summed E-state index contributed by atoms with van der Waals surface area (Å²) in [5.74, 6) is 1.71.